The smallest absolute Gasteiger partial charge is 0.268 e. The lowest BCUT2D eigenvalue weighted by atomic mass is 10.1. The number of hydrogen-bond donors (Lipinski definition) is 1. The first-order valence-electron chi connectivity index (χ1n) is 8.40. The molecule has 0 unspecified atom stereocenters. The highest BCUT2D eigenvalue weighted by atomic mass is 35.5. The fourth-order valence-corrected chi connectivity index (χ4v) is 3.69. The predicted molar refractivity (Wildman–Crippen MR) is 113 cm³/mol. The van der Waals surface area contributed by atoms with Crippen molar-refractivity contribution in [2.75, 3.05) is 5.32 Å². The van der Waals surface area contributed by atoms with Crippen molar-refractivity contribution < 1.29 is 9.59 Å². The van der Waals surface area contributed by atoms with Gasteiger partial charge in [0.2, 0.25) is 5.91 Å². The Hall–Kier alpha value is -2.96. The minimum absolute atomic E-state index is 0.144. The van der Waals surface area contributed by atoms with Crippen LogP contribution in [0.25, 0.3) is 12.2 Å². The molecule has 1 aromatic heterocycles. The van der Waals surface area contributed by atoms with Crippen LogP contribution in [0.15, 0.2) is 53.3 Å². The molecular weight excluding hydrogens is 396 g/mol. The van der Waals surface area contributed by atoms with Crippen molar-refractivity contribution >= 4 is 52.5 Å². The molecule has 0 saturated carbocycles. The van der Waals surface area contributed by atoms with Gasteiger partial charge in [0.05, 0.1) is 4.53 Å². The molecule has 7 heteroatoms. The number of carbonyl (C=O) groups is 2. The van der Waals surface area contributed by atoms with Crippen molar-refractivity contribution in [2.45, 2.75) is 6.92 Å². The van der Waals surface area contributed by atoms with Crippen LogP contribution < -0.4 is 20.1 Å². The van der Waals surface area contributed by atoms with Crippen LogP contribution >= 0.6 is 22.9 Å². The number of rotatable bonds is 4. The van der Waals surface area contributed by atoms with E-state index in [1.54, 1.807) is 49.5 Å². The van der Waals surface area contributed by atoms with E-state index in [0.29, 0.717) is 25.5 Å². The quantitative estimate of drug-likeness (QED) is 0.669. The zero-order valence-corrected chi connectivity index (χ0v) is 16.8. The molecule has 3 aromatic rings. The second kappa shape index (κ2) is 8.37. The van der Waals surface area contributed by atoms with Crippen LogP contribution in [0.5, 0.6) is 0 Å². The van der Waals surface area contributed by atoms with Gasteiger partial charge in [-0.2, -0.15) is 0 Å². The molecule has 1 amide bonds. The van der Waals surface area contributed by atoms with E-state index in [-0.39, 0.29) is 17.2 Å². The maximum Gasteiger partial charge on any atom is 0.268 e. The van der Waals surface area contributed by atoms with E-state index in [9.17, 15) is 14.4 Å². The normalized spacial score (nSPS) is 12.2. The number of aromatic nitrogens is 1. The summed E-state index contributed by atoms with van der Waals surface area (Å²) < 4.78 is 2.53. The topological polar surface area (TPSA) is 68.2 Å². The van der Waals surface area contributed by atoms with Gasteiger partial charge in [-0.05, 0) is 48.0 Å². The molecule has 0 aliphatic heterocycles. The predicted octanol–water partition coefficient (Wildman–Crippen LogP) is 2.55. The van der Waals surface area contributed by atoms with Crippen molar-refractivity contribution in [1.82, 2.24) is 4.57 Å². The maximum atomic E-state index is 12.5. The summed E-state index contributed by atoms with van der Waals surface area (Å²) in [6.45, 7) is 1.44. The van der Waals surface area contributed by atoms with Crippen molar-refractivity contribution in [1.29, 1.82) is 0 Å². The summed E-state index contributed by atoms with van der Waals surface area (Å²) in [5.41, 5.74) is 1.84. The van der Waals surface area contributed by atoms with Gasteiger partial charge in [0.1, 0.15) is 4.66 Å². The zero-order chi connectivity index (χ0) is 20.3. The number of Topliss-reactive ketones (excluding diaryl/α,β-unsaturated/α-hetero) is 1. The number of carbonyl (C=O) groups excluding carboxylic acids is 2. The van der Waals surface area contributed by atoms with E-state index >= 15 is 0 Å². The molecule has 0 spiro atoms. The molecule has 2 aromatic carbocycles. The third-order valence-corrected chi connectivity index (χ3v) is 5.34. The van der Waals surface area contributed by atoms with Crippen LogP contribution in [-0.4, -0.2) is 16.3 Å². The zero-order valence-electron chi connectivity index (χ0n) is 15.2. The number of benzene rings is 2. The Morgan fingerprint density at radius 3 is 2.32 bits per heavy atom. The van der Waals surface area contributed by atoms with Crippen molar-refractivity contribution in [3.8, 4) is 0 Å². The first-order valence-corrected chi connectivity index (χ1v) is 9.60. The minimum Gasteiger partial charge on any atom is -0.326 e. The van der Waals surface area contributed by atoms with E-state index in [4.69, 9.17) is 11.6 Å². The number of nitrogens with one attached hydrogen (secondary N) is 1. The van der Waals surface area contributed by atoms with Gasteiger partial charge in [0.25, 0.3) is 5.56 Å². The fraction of sp³-hybridized carbons (Fsp3) is 0.0952. The van der Waals surface area contributed by atoms with Gasteiger partial charge in [0, 0.05) is 36.3 Å². The lowest BCUT2D eigenvalue weighted by molar-refractivity contribution is -0.114. The summed E-state index contributed by atoms with van der Waals surface area (Å²) in [6.07, 6.45) is 3.21. The van der Waals surface area contributed by atoms with Gasteiger partial charge in [-0.1, -0.05) is 23.7 Å². The molecule has 1 N–H and O–H groups in total. The first-order chi connectivity index (χ1) is 13.3. The molecular formula is C21H17ClN2O3S. The van der Waals surface area contributed by atoms with Crippen molar-refractivity contribution in [2.24, 2.45) is 7.05 Å². The minimum atomic E-state index is -0.195. The highest BCUT2D eigenvalue weighted by Crippen LogP contribution is 2.11. The van der Waals surface area contributed by atoms with Gasteiger partial charge in [-0.25, -0.2) is 0 Å². The molecule has 0 saturated heterocycles. The van der Waals surface area contributed by atoms with Crippen molar-refractivity contribution in [3.63, 3.8) is 0 Å². The van der Waals surface area contributed by atoms with Crippen molar-refractivity contribution in [3.05, 3.63) is 84.2 Å². The molecule has 0 fully saturated rings. The first kappa shape index (κ1) is 19.8. The van der Waals surface area contributed by atoms with Gasteiger partial charge in [-0.3, -0.25) is 14.4 Å². The van der Waals surface area contributed by atoms with Crippen LogP contribution in [-0.2, 0) is 11.8 Å². The van der Waals surface area contributed by atoms with Crippen LogP contribution in [0.4, 0.5) is 5.69 Å². The Balaban J connectivity index is 1.95. The average Bonchev–Trinajstić information content (AvgIpc) is 2.91. The van der Waals surface area contributed by atoms with E-state index in [0.717, 1.165) is 5.56 Å². The molecule has 0 aliphatic carbocycles. The second-order valence-corrected chi connectivity index (χ2v) is 7.63. The summed E-state index contributed by atoms with van der Waals surface area (Å²) in [5, 5.41) is 3.25. The summed E-state index contributed by atoms with van der Waals surface area (Å²) >= 11 is 7.09. The van der Waals surface area contributed by atoms with Crippen LogP contribution in [0.3, 0.4) is 0 Å². The van der Waals surface area contributed by atoms with E-state index in [2.05, 4.69) is 5.32 Å². The third kappa shape index (κ3) is 4.65. The summed E-state index contributed by atoms with van der Waals surface area (Å²) in [5.74, 6) is -0.339. The lowest BCUT2D eigenvalue weighted by Crippen LogP contribution is -2.29. The Morgan fingerprint density at radius 2 is 1.71 bits per heavy atom. The highest BCUT2D eigenvalue weighted by molar-refractivity contribution is 7.07. The van der Waals surface area contributed by atoms with Crippen LogP contribution in [0.2, 0.25) is 5.02 Å². The summed E-state index contributed by atoms with van der Waals surface area (Å²) in [4.78, 5) is 36.0. The lowest BCUT2D eigenvalue weighted by Gasteiger charge is -2.01. The Morgan fingerprint density at radius 1 is 1.07 bits per heavy atom. The number of halogens is 1. The number of hydrogen-bond acceptors (Lipinski definition) is 4. The molecule has 0 bridgehead atoms. The number of amides is 1. The molecule has 0 aliphatic rings. The van der Waals surface area contributed by atoms with Gasteiger partial charge in [-0.15, -0.1) is 11.3 Å². The fourth-order valence-electron chi connectivity index (χ4n) is 2.53. The summed E-state index contributed by atoms with van der Waals surface area (Å²) in [6, 6.07) is 13.8. The van der Waals surface area contributed by atoms with Crippen LogP contribution in [0, 0.1) is 0 Å². The molecule has 5 nitrogen and oxygen atoms in total. The number of anilines is 1. The second-order valence-electron chi connectivity index (χ2n) is 6.13. The number of ketones is 1. The van der Waals surface area contributed by atoms with Gasteiger partial charge >= 0.3 is 0 Å². The van der Waals surface area contributed by atoms with Crippen LogP contribution in [0.1, 0.15) is 22.8 Å². The summed E-state index contributed by atoms with van der Waals surface area (Å²) in [7, 11) is 1.64. The molecule has 0 atom stereocenters. The van der Waals surface area contributed by atoms with Gasteiger partial charge < -0.3 is 9.88 Å². The SMILES string of the molecule is CC(=O)Nc1ccc(/C=c2\s/c(=C\C(=O)c3ccc(Cl)cc3)n(C)c2=O)cc1. The largest absolute Gasteiger partial charge is 0.326 e. The number of thiazole rings is 1. The Labute approximate surface area is 170 Å². The van der Waals surface area contributed by atoms with E-state index in [1.165, 1.54) is 28.9 Å². The number of nitrogens with zero attached hydrogens (tertiary/aromatic N) is 1. The molecule has 3 rings (SSSR count). The van der Waals surface area contributed by atoms with Gasteiger partial charge in [0.15, 0.2) is 5.78 Å². The Bertz CT molecular complexity index is 1210. The monoisotopic (exact) mass is 412 g/mol. The molecule has 1 heterocycles. The Kier molecular flexibility index (Phi) is 5.92. The third-order valence-electron chi connectivity index (χ3n) is 3.97. The average molecular weight is 413 g/mol. The standard InChI is InChI=1S/C21H17ClN2O3S/c1-13(25)23-17-9-3-14(4-10-17)11-19-21(27)24(2)20(28-19)12-18(26)15-5-7-16(22)8-6-15/h3-12H,1-2H3,(H,23,25)/b19-11-,20-12-. The molecule has 0 radical (unpaired) electrons. The molecule has 28 heavy (non-hydrogen) atoms. The molecule has 142 valence electrons. The maximum absolute atomic E-state index is 12.5. The highest BCUT2D eigenvalue weighted by Gasteiger charge is 2.06. The van der Waals surface area contributed by atoms with E-state index in [1.807, 2.05) is 12.1 Å². The van der Waals surface area contributed by atoms with E-state index < -0.39 is 0 Å².